The first kappa shape index (κ1) is 25.7. The molecule has 0 saturated carbocycles. The van der Waals surface area contributed by atoms with E-state index in [-0.39, 0.29) is 18.7 Å². The third-order valence-corrected chi connectivity index (χ3v) is 6.32. The average molecular weight is 495 g/mol. The van der Waals surface area contributed by atoms with Gasteiger partial charge in [0.25, 0.3) is 0 Å². The molecule has 9 nitrogen and oxygen atoms in total. The highest BCUT2D eigenvalue weighted by Gasteiger charge is 2.44. The molecule has 6 N–H and O–H groups in total. The minimum Gasteiger partial charge on any atom is -0.394 e. The molecule has 36 heavy (non-hydrogen) atoms. The number of aliphatic hydroxyl groups is 4. The minimum atomic E-state index is -1.66. The molecule has 0 aliphatic carbocycles. The normalized spacial score (nSPS) is 24.7. The van der Waals surface area contributed by atoms with Gasteiger partial charge < -0.3 is 35.8 Å². The molecular formula is C27H30N2O7. The summed E-state index contributed by atoms with van der Waals surface area (Å²) in [4.78, 5) is 26.1. The molecule has 1 fully saturated rings. The van der Waals surface area contributed by atoms with Crippen molar-refractivity contribution < 1.29 is 34.8 Å². The van der Waals surface area contributed by atoms with Crippen LogP contribution in [-0.2, 0) is 27.2 Å². The van der Waals surface area contributed by atoms with Crippen LogP contribution in [0.1, 0.15) is 11.1 Å². The SMILES string of the molecule is O=C(Cc1ccc2ccccc2c1)N[C@@H](Cc1ccccc1)C(=O)N[C@H]1C(O)OC(CO)[C@@H](O)[C@@H]1O. The Morgan fingerprint density at radius 1 is 0.861 bits per heavy atom. The number of aliphatic hydroxyl groups excluding tert-OH is 4. The van der Waals surface area contributed by atoms with Crippen LogP contribution in [0.4, 0.5) is 0 Å². The highest BCUT2D eigenvalue weighted by molar-refractivity contribution is 5.90. The van der Waals surface area contributed by atoms with Gasteiger partial charge in [-0.2, -0.15) is 0 Å². The van der Waals surface area contributed by atoms with Gasteiger partial charge in [0.05, 0.1) is 13.0 Å². The van der Waals surface area contributed by atoms with Gasteiger partial charge in [0.1, 0.15) is 30.4 Å². The number of hydrogen-bond acceptors (Lipinski definition) is 7. The van der Waals surface area contributed by atoms with E-state index in [1.807, 2.05) is 72.8 Å². The summed E-state index contributed by atoms with van der Waals surface area (Å²) < 4.78 is 5.12. The lowest BCUT2D eigenvalue weighted by molar-refractivity contribution is -0.254. The maximum Gasteiger partial charge on any atom is 0.243 e. The predicted molar refractivity (Wildman–Crippen MR) is 132 cm³/mol. The monoisotopic (exact) mass is 494 g/mol. The Kier molecular flexibility index (Phi) is 8.29. The summed E-state index contributed by atoms with van der Waals surface area (Å²) in [6.45, 7) is -0.614. The first-order chi connectivity index (χ1) is 17.4. The maximum absolute atomic E-state index is 13.2. The quantitative estimate of drug-likeness (QED) is 0.259. The largest absolute Gasteiger partial charge is 0.394 e. The average Bonchev–Trinajstić information content (AvgIpc) is 2.88. The summed E-state index contributed by atoms with van der Waals surface area (Å²) in [5.41, 5.74) is 1.58. The summed E-state index contributed by atoms with van der Waals surface area (Å²) in [5.74, 6) is -1.03. The summed E-state index contributed by atoms with van der Waals surface area (Å²) in [6.07, 6.45) is -5.73. The van der Waals surface area contributed by atoms with E-state index in [2.05, 4.69) is 10.6 Å². The predicted octanol–water partition coefficient (Wildman–Crippen LogP) is 0.0259. The zero-order valence-electron chi connectivity index (χ0n) is 19.5. The highest BCUT2D eigenvalue weighted by Crippen LogP contribution is 2.20. The molecular weight excluding hydrogens is 464 g/mol. The Balaban J connectivity index is 1.48. The number of benzene rings is 3. The molecule has 1 aliphatic rings. The van der Waals surface area contributed by atoms with Crippen LogP contribution in [0.15, 0.2) is 72.8 Å². The van der Waals surface area contributed by atoms with Gasteiger partial charge in [-0.25, -0.2) is 0 Å². The number of fused-ring (bicyclic) bond motifs is 1. The zero-order valence-corrected chi connectivity index (χ0v) is 19.5. The maximum atomic E-state index is 13.2. The second kappa shape index (κ2) is 11.6. The highest BCUT2D eigenvalue weighted by atomic mass is 16.6. The van der Waals surface area contributed by atoms with Gasteiger partial charge in [0.15, 0.2) is 6.29 Å². The first-order valence-electron chi connectivity index (χ1n) is 11.8. The van der Waals surface area contributed by atoms with Gasteiger partial charge in [0.2, 0.25) is 11.8 Å². The van der Waals surface area contributed by atoms with Crippen LogP contribution in [-0.4, -0.2) is 75.5 Å². The summed E-state index contributed by atoms with van der Waals surface area (Å²) in [7, 11) is 0. The molecule has 190 valence electrons. The van der Waals surface area contributed by atoms with Crippen molar-refractivity contribution in [3.63, 3.8) is 0 Å². The molecule has 1 aliphatic heterocycles. The molecule has 4 rings (SSSR count). The fraction of sp³-hybridized carbons (Fsp3) is 0.333. The molecule has 2 amide bonds. The van der Waals surface area contributed by atoms with Crippen molar-refractivity contribution in [1.29, 1.82) is 0 Å². The molecule has 6 atom stereocenters. The van der Waals surface area contributed by atoms with E-state index < -0.39 is 49.2 Å². The number of rotatable bonds is 8. The van der Waals surface area contributed by atoms with Crippen molar-refractivity contribution in [2.45, 2.75) is 49.5 Å². The molecule has 2 unspecified atom stereocenters. The van der Waals surface area contributed by atoms with Crippen LogP contribution in [0.3, 0.4) is 0 Å². The van der Waals surface area contributed by atoms with Crippen LogP contribution in [0.25, 0.3) is 10.8 Å². The van der Waals surface area contributed by atoms with Crippen LogP contribution < -0.4 is 10.6 Å². The molecule has 0 radical (unpaired) electrons. The van der Waals surface area contributed by atoms with Gasteiger partial charge in [-0.1, -0.05) is 72.8 Å². The van der Waals surface area contributed by atoms with E-state index in [0.717, 1.165) is 21.9 Å². The van der Waals surface area contributed by atoms with Crippen molar-refractivity contribution in [2.75, 3.05) is 6.61 Å². The lowest BCUT2D eigenvalue weighted by atomic mass is 9.96. The fourth-order valence-corrected chi connectivity index (χ4v) is 4.36. The summed E-state index contributed by atoms with van der Waals surface area (Å²) >= 11 is 0. The van der Waals surface area contributed by atoms with Gasteiger partial charge >= 0.3 is 0 Å². The van der Waals surface area contributed by atoms with Crippen LogP contribution >= 0.6 is 0 Å². The van der Waals surface area contributed by atoms with Gasteiger partial charge in [-0.15, -0.1) is 0 Å². The lowest BCUT2D eigenvalue weighted by Gasteiger charge is -2.40. The van der Waals surface area contributed by atoms with E-state index in [0.29, 0.717) is 0 Å². The third kappa shape index (κ3) is 6.07. The number of amides is 2. The molecule has 9 heteroatoms. The Hall–Kier alpha value is -3.34. The Labute approximate surface area is 208 Å². The van der Waals surface area contributed by atoms with Crippen LogP contribution in [0.2, 0.25) is 0 Å². The van der Waals surface area contributed by atoms with E-state index >= 15 is 0 Å². The second-order valence-electron chi connectivity index (χ2n) is 8.93. The van der Waals surface area contributed by atoms with E-state index in [1.165, 1.54) is 0 Å². The standard InChI is InChI=1S/C27H30N2O7/c30-15-21-24(32)25(33)23(27(35)36-21)29-26(34)20(13-16-6-2-1-3-7-16)28-22(31)14-17-10-11-18-8-4-5-9-19(18)12-17/h1-12,20-21,23-25,27,30,32-33,35H,13-15H2,(H,28,31)(H,29,34)/t20-,21?,23+,24+,25+,27?/m0/s1. The number of nitrogens with one attached hydrogen (secondary N) is 2. The second-order valence-corrected chi connectivity index (χ2v) is 8.93. The van der Waals surface area contributed by atoms with Crippen molar-refractivity contribution in [3.05, 3.63) is 83.9 Å². The van der Waals surface area contributed by atoms with E-state index in [9.17, 15) is 30.0 Å². The number of ether oxygens (including phenoxy) is 1. The molecule has 0 spiro atoms. The number of hydrogen-bond donors (Lipinski definition) is 6. The molecule has 1 heterocycles. The lowest BCUT2D eigenvalue weighted by Crippen LogP contribution is -2.65. The Bertz CT molecular complexity index is 1190. The topological polar surface area (TPSA) is 148 Å². The first-order valence-corrected chi connectivity index (χ1v) is 11.8. The third-order valence-electron chi connectivity index (χ3n) is 6.32. The van der Waals surface area contributed by atoms with Crippen molar-refractivity contribution in [1.82, 2.24) is 10.6 Å². The fourth-order valence-electron chi connectivity index (χ4n) is 4.36. The van der Waals surface area contributed by atoms with Gasteiger partial charge in [0, 0.05) is 6.42 Å². The smallest absolute Gasteiger partial charge is 0.243 e. The summed E-state index contributed by atoms with van der Waals surface area (Å²) in [5, 5.41) is 47.3. The van der Waals surface area contributed by atoms with Crippen molar-refractivity contribution >= 4 is 22.6 Å². The molecule has 3 aromatic rings. The van der Waals surface area contributed by atoms with E-state index in [4.69, 9.17) is 4.74 Å². The molecule has 3 aromatic carbocycles. The van der Waals surface area contributed by atoms with E-state index in [1.54, 1.807) is 0 Å². The molecule has 0 aromatic heterocycles. The van der Waals surface area contributed by atoms with Crippen LogP contribution in [0, 0.1) is 0 Å². The van der Waals surface area contributed by atoms with Crippen molar-refractivity contribution in [3.8, 4) is 0 Å². The zero-order chi connectivity index (χ0) is 25.7. The Morgan fingerprint density at radius 3 is 2.28 bits per heavy atom. The molecule has 0 bridgehead atoms. The Morgan fingerprint density at radius 2 is 1.56 bits per heavy atom. The van der Waals surface area contributed by atoms with Crippen molar-refractivity contribution in [2.24, 2.45) is 0 Å². The number of carbonyl (C=O) groups is 2. The van der Waals surface area contributed by atoms with Crippen LogP contribution in [0.5, 0.6) is 0 Å². The summed E-state index contributed by atoms with van der Waals surface area (Å²) in [6, 6.07) is 20.2. The molecule has 1 saturated heterocycles. The van der Waals surface area contributed by atoms with Gasteiger partial charge in [-0.3, -0.25) is 9.59 Å². The van der Waals surface area contributed by atoms with Gasteiger partial charge in [-0.05, 0) is 21.9 Å². The number of carbonyl (C=O) groups excluding carboxylic acids is 2. The minimum absolute atomic E-state index is 0.0537.